The van der Waals surface area contributed by atoms with Crippen molar-refractivity contribution in [2.45, 2.75) is 13.5 Å². The Kier molecular flexibility index (Phi) is 3.30. The van der Waals surface area contributed by atoms with Crippen LogP contribution in [0.2, 0.25) is 0 Å². The number of aryl methyl sites for hydroxylation is 1. The summed E-state index contributed by atoms with van der Waals surface area (Å²) in [6.45, 7) is 3.06. The van der Waals surface area contributed by atoms with Crippen molar-refractivity contribution in [2.24, 2.45) is 0 Å². The Morgan fingerprint density at radius 2 is 1.57 bits per heavy atom. The summed E-state index contributed by atoms with van der Waals surface area (Å²) in [6.07, 6.45) is 0. The van der Waals surface area contributed by atoms with Gasteiger partial charge in [-0.1, -0.05) is 42.5 Å². The molecule has 4 rings (SSSR count). The summed E-state index contributed by atoms with van der Waals surface area (Å²) in [5, 5.41) is 2.35. The van der Waals surface area contributed by atoms with E-state index in [2.05, 4.69) is 73.5 Å². The molecule has 0 atom stereocenters. The van der Waals surface area contributed by atoms with Crippen molar-refractivity contribution in [1.29, 1.82) is 0 Å². The van der Waals surface area contributed by atoms with Crippen molar-refractivity contribution < 1.29 is 4.42 Å². The van der Waals surface area contributed by atoms with E-state index in [1.54, 1.807) is 0 Å². The minimum atomic E-state index is 0.897. The minimum Gasteiger partial charge on any atom is -0.456 e. The van der Waals surface area contributed by atoms with Crippen LogP contribution in [0.3, 0.4) is 0 Å². The molecule has 3 aromatic carbocycles. The summed E-state index contributed by atoms with van der Waals surface area (Å²) < 4.78 is 5.91. The lowest BCUT2D eigenvalue weighted by molar-refractivity contribution is 0.669. The number of benzene rings is 3. The fourth-order valence-electron chi connectivity index (χ4n) is 3.09. The zero-order valence-electron chi connectivity index (χ0n) is 13.4. The van der Waals surface area contributed by atoms with E-state index in [9.17, 15) is 0 Å². The maximum Gasteiger partial charge on any atom is 0.135 e. The van der Waals surface area contributed by atoms with Gasteiger partial charge in [-0.15, -0.1) is 0 Å². The van der Waals surface area contributed by atoms with Crippen molar-refractivity contribution in [1.82, 2.24) is 0 Å². The van der Waals surface area contributed by atoms with E-state index in [4.69, 9.17) is 4.42 Å². The molecule has 0 N–H and O–H groups in total. The summed E-state index contributed by atoms with van der Waals surface area (Å²) in [4.78, 5) is 2.28. The predicted octanol–water partition coefficient (Wildman–Crippen LogP) is 5.53. The van der Waals surface area contributed by atoms with Gasteiger partial charge in [-0.2, -0.15) is 0 Å². The van der Waals surface area contributed by atoms with E-state index in [1.807, 2.05) is 12.1 Å². The molecule has 0 aliphatic rings. The zero-order valence-corrected chi connectivity index (χ0v) is 13.4. The van der Waals surface area contributed by atoms with Gasteiger partial charge >= 0.3 is 0 Å². The van der Waals surface area contributed by atoms with Crippen molar-refractivity contribution >= 4 is 27.6 Å². The lowest BCUT2D eigenvalue weighted by Gasteiger charge is -2.20. The van der Waals surface area contributed by atoms with Crippen LogP contribution in [0.4, 0.5) is 5.69 Å². The standard InChI is InChI=1S/C21H19NO/c1-15-7-3-4-8-16(15)14-22(2)17-11-12-21-19(13-17)18-9-5-6-10-20(18)23-21/h3-13H,14H2,1-2H3. The molecule has 0 saturated carbocycles. The van der Waals surface area contributed by atoms with Gasteiger partial charge in [-0.05, 0) is 42.3 Å². The molecule has 23 heavy (non-hydrogen) atoms. The molecule has 0 saturated heterocycles. The van der Waals surface area contributed by atoms with Crippen LogP contribution >= 0.6 is 0 Å². The molecular weight excluding hydrogens is 282 g/mol. The van der Waals surface area contributed by atoms with Gasteiger partial charge in [0.1, 0.15) is 11.2 Å². The molecule has 0 amide bonds. The van der Waals surface area contributed by atoms with Crippen LogP contribution in [0.15, 0.2) is 71.1 Å². The summed E-state index contributed by atoms with van der Waals surface area (Å²) in [7, 11) is 2.13. The largest absolute Gasteiger partial charge is 0.456 e. The zero-order chi connectivity index (χ0) is 15.8. The Morgan fingerprint density at radius 1 is 0.826 bits per heavy atom. The third kappa shape index (κ3) is 2.46. The van der Waals surface area contributed by atoms with Gasteiger partial charge in [0.2, 0.25) is 0 Å². The van der Waals surface area contributed by atoms with E-state index in [1.165, 1.54) is 27.6 Å². The van der Waals surface area contributed by atoms with Gasteiger partial charge in [-0.25, -0.2) is 0 Å². The molecule has 0 spiro atoms. The Morgan fingerprint density at radius 3 is 2.43 bits per heavy atom. The average molecular weight is 301 g/mol. The summed E-state index contributed by atoms with van der Waals surface area (Å²) >= 11 is 0. The van der Waals surface area contributed by atoms with Gasteiger partial charge in [-0.3, -0.25) is 0 Å². The number of para-hydroxylation sites is 1. The van der Waals surface area contributed by atoms with E-state index in [0.29, 0.717) is 0 Å². The molecule has 2 heteroatoms. The fourth-order valence-corrected chi connectivity index (χ4v) is 3.09. The van der Waals surface area contributed by atoms with Gasteiger partial charge in [0.05, 0.1) is 0 Å². The van der Waals surface area contributed by atoms with E-state index in [0.717, 1.165) is 17.7 Å². The second-order valence-corrected chi connectivity index (χ2v) is 6.06. The normalized spacial score (nSPS) is 11.2. The van der Waals surface area contributed by atoms with Crippen molar-refractivity contribution in [3.8, 4) is 0 Å². The van der Waals surface area contributed by atoms with Crippen molar-refractivity contribution in [3.05, 3.63) is 77.9 Å². The Labute approximate surface area is 136 Å². The molecule has 4 aromatic rings. The summed E-state index contributed by atoms with van der Waals surface area (Å²) in [5.41, 5.74) is 5.77. The number of hydrogen-bond acceptors (Lipinski definition) is 2. The lowest BCUT2D eigenvalue weighted by atomic mass is 10.1. The van der Waals surface area contributed by atoms with E-state index >= 15 is 0 Å². The quantitative estimate of drug-likeness (QED) is 0.494. The van der Waals surface area contributed by atoms with Gasteiger partial charge < -0.3 is 9.32 Å². The second-order valence-electron chi connectivity index (χ2n) is 6.06. The first-order valence-electron chi connectivity index (χ1n) is 7.89. The number of hydrogen-bond donors (Lipinski definition) is 0. The predicted molar refractivity (Wildman–Crippen MR) is 97.0 cm³/mol. The molecule has 0 unspecified atom stereocenters. The van der Waals surface area contributed by atoms with E-state index in [-0.39, 0.29) is 0 Å². The third-order valence-electron chi connectivity index (χ3n) is 4.47. The molecular formula is C21H19NO. The van der Waals surface area contributed by atoms with E-state index < -0.39 is 0 Å². The lowest BCUT2D eigenvalue weighted by Crippen LogP contribution is -2.16. The van der Waals surface area contributed by atoms with Crippen molar-refractivity contribution in [2.75, 3.05) is 11.9 Å². The fraction of sp³-hybridized carbons (Fsp3) is 0.143. The molecule has 0 bridgehead atoms. The minimum absolute atomic E-state index is 0.897. The Bertz CT molecular complexity index is 983. The first kappa shape index (κ1) is 13.9. The topological polar surface area (TPSA) is 16.4 Å². The number of furan rings is 1. The first-order chi connectivity index (χ1) is 11.2. The molecule has 0 radical (unpaired) electrons. The number of anilines is 1. The first-order valence-corrected chi connectivity index (χ1v) is 7.89. The van der Waals surface area contributed by atoms with Crippen LogP contribution in [0, 0.1) is 6.92 Å². The summed E-state index contributed by atoms with van der Waals surface area (Å²) in [5.74, 6) is 0. The molecule has 0 fully saturated rings. The summed E-state index contributed by atoms with van der Waals surface area (Å²) in [6, 6.07) is 23.2. The van der Waals surface area contributed by atoms with Gasteiger partial charge in [0, 0.05) is 30.1 Å². The monoisotopic (exact) mass is 301 g/mol. The van der Waals surface area contributed by atoms with Gasteiger partial charge in [0.15, 0.2) is 0 Å². The van der Waals surface area contributed by atoms with Crippen LogP contribution in [-0.2, 0) is 6.54 Å². The van der Waals surface area contributed by atoms with Crippen LogP contribution in [0.25, 0.3) is 21.9 Å². The third-order valence-corrected chi connectivity index (χ3v) is 4.47. The second kappa shape index (κ2) is 5.47. The molecule has 0 aliphatic carbocycles. The Balaban J connectivity index is 1.73. The molecule has 1 aromatic heterocycles. The maximum atomic E-state index is 5.91. The van der Waals surface area contributed by atoms with Crippen LogP contribution in [-0.4, -0.2) is 7.05 Å². The highest BCUT2D eigenvalue weighted by Gasteiger charge is 2.09. The molecule has 0 aliphatic heterocycles. The molecule has 2 nitrogen and oxygen atoms in total. The molecule has 1 heterocycles. The van der Waals surface area contributed by atoms with Gasteiger partial charge in [0.25, 0.3) is 0 Å². The Hall–Kier alpha value is -2.74. The number of nitrogens with zero attached hydrogens (tertiary/aromatic N) is 1. The number of fused-ring (bicyclic) bond motifs is 3. The highest BCUT2D eigenvalue weighted by Crippen LogP contribution is 2.31. The van der Waals surface area contributed by atoms with Crippen LogP contribution < -0.4 is 4.90 Å². The van der Waals surface area contributed by atoms with Crippen molar-refractivity contribution in [3.63, 3.8) is 0 Å². The maximum absolute atomic E-state index is 5.91. The van der Waals surface area contributed by atoms with Crippen LogP contribution in [0.5, 0.6) is 0 Å². The SMILES string of the molecule is Cc1ccccc1CN(C)c1ccc2oc3ccccc3c2c1. The molecule has 114 valence electrons. The smallest absolute Gasteiger partial charge is 0.135 e. The van der Waals surface area contributed by atoms with Crippen LogP contribution in [0.1, 0.15) is 11.1 Å². The number of rotatable bonds is 3. The highest BCUT2D eigenvalue weighted by molar-refractivity contribution is 6.05. The average Bonchev–Trinajstić information content (AvgIpc) is 2.94. The highest BCUT2D eigenvalue weighted by atomic mass is 16.3.